The Labute approximate surface area is 125 Å². The molecule has 0 fully saturated rings. The molecule has 0 aliphatic carbocycles. The predicted molar refractivity (Wildman–Crippen MR) is 81.7 cm³/mol. The Bertz CT molecular complexity index is 554. The Hall–Kier alpha value is -1.72. The van der Waals surface area contributed by atoms with Gasteiger partial charge in [0.05, 0.1) is 6.54 Å². The van der Waals surface area contributed by atoms with Gasteiger partial charge in [0.15, 0.2) is 5.82 Å². The van der Waals surface area contributed by atoms with Crippen LogP contribution in [0.3, 0.4) is 0 Å². The molecule has 1 aromatic carbocycles. The lowest BCUT2D eigenvalue weighted by atomic mass is 10.1. The quantitative estimate of drug-likeness (QED) is 0.757. The van der Waals surface area contributed by atoms with Gasteiger partial charge in [-0.2, -0.15) is 4.98 Å². The molecule has 0 aliphatic rings. The van der Waals surface area contributed by atoms with E-state index in [1.165, 1.54) is 5.56 Å². The first-order valence-electron chi connectivity index (χ1n) is 7.38. The zero-order chi connectivity index (χ0) is 15.1. The van der Waals surface area contributed by atoms with Crippen LogP contribution in [0.4, 0.5) is 0 Å². The summed E-state index contributed by atoms with van der Waals surface area (Å²) in [5.41, 5.74) is 2.13. The summed E-state index contributed by atoms with van der Waals surface area (Å²) in [7, 11) is 2.04. The van der Waals surface area contributed by atoms with Crippen LogP contribution in [0, 0.1) is 6.92 Å². The molecule has 2 aromatic rings. The van der Waals surface area contributed by atoms with Gasteiger partial charge in [-0.1, -0.05) is 22.9 Å². The van der Waals surface area contributed by atoms with Gasteiger partial charge in [-0.15, -0.1) is 0 Å². The first kappa shape index (κ1) is 15.7. The monoisotopic (exact) mass is 289 g/mol. The SMILES string of the molecule is Cc1cccc(-c2nc(CN(C)CCCCCO)no2)c1. The second-order valence-corrected chi connectivity index (χ2v) is 5.41. The Morgan fingerprint density at radius 3 is 2.86 bits per heavy atom. The summed E-state index contributed by atoms with van der Waals surface area (Å²) < 4.78 is 5.33. The minimum Gasteiger partial charge on any atom is -0.396 e. The molecule has 0 bridgehead atoms. The van der Waals surface area contributed by atoms with Gasteiger partial charge >= 0.3 is 0 Å². The largest absolute Gasteiger partial charge is 0.396 e. The van der Waals surface area contributed by atoms with Gasteiger partial charge in [0.1, 0.15) is 0 Å². The second kappa shape index (κ2) is 7.90. The molecule has 0 saturated carbocycles. The smallest absolute Gasteiger partial charge is 0.257 e. The van der Waals surface area contributed by atoms with Crippen molar-refractivity contribution in [2.45, 2.75) is 32.7 Å². The van der Waals surface area contributed by atoms with E-state index < -0.39 is 0 Å². The van der Waals surface area contributed by atoms with E-state index >= 15 is 0 Å². The van der Waals surface area contributed by atoms with Gasteiger partial charge in [0, 0.05) is 12.2 Å². The molecule has 5 heteroatoms. The number of nitrogens with zero attached hydrogens (tertiary/aromatic N) is 3. The number of aromatic nitrogens is 2. The van der Waals surface area contributed by atoms with Crippen molar-refractivity contribution in [2.24, 2.45) is 0 Å². The van der Waals surface area contributed by atoms with Crippen molar-refractivity contribution in [3.63, 3.8) is 0 Å². The molecule has 1 N–H and O–H groups in total. The number of aliphatic hydroxyl groups is 1. The predicted octanol–water partition coefficient (Wildman–Crippen LogP) is 2.64. The summed E-state index contributed by atoms with van der Waals surface area (Å²) in [4.78, 5) is 6.62. The van der Waals surface area contributed by atoms with Crippen molar-refractivity contribution in [3.8, 4) is 11.5 Å². The second-order valence-electron chi connectivity index (χ2n) is 5.41. The molecule has 0 aliphatic heterocycles. The lowest BCUT2D eigenvalue weighted by Gasteiger charge is -2.13. The van der Waals surface area contributed by atoms with Crippen molar-refractivity contribution < 1.29 is 9.63 Å². The van der Waals surface area contributed by atoms with Crippen molar-refractivity contribution >= 4 is 0 Å². The topological polar surface area (TPSA) is 62.4 Å². The van der Waals surface area contributed by atoms with Crippen molar-refractivity contribution in [1.82, 2.24) is 15.0 Å². The maximum absolute atomic E-state index is 8.75. The molecule has 0 spiro atoms. The summed E-state index contributed by atoms with van der Waals surface area (Å²) >= 11 is 0. The molecule has 5 nitrogen and oxygen atoms in total. The number of aryl methyl sites for hydroxylation is 1. The third-order valence-corrected chi connectivity index (χ3v) is 3.34. The van der Waals surface area contributed by atoms with Crippen LogP contribution >= 0.6 is 0 Å². The molecule has 114 valence electrons. The highest BCUT2D eigenvalue weighted by molar-refractivity contribution is 5.53. The molecule has 21 heavy (non-hydrogen) atoms. The van der Waals surface area contributed by atoms with E-state index in [4.69, 9.17) is 9.63 Å². The maximum Gasteiger partial charge on any atom is 0.257 e. The van der Waals surface area contributed by atoms with Crippen LogP contribution in [0.2, 0.25) is 0 Å². The molecule has 2 rings (SSSR count). The number of benzene rings is 1. The van der Waals surface area contributed by atoms with E-state index in [1.54, 1.807) is 0 Å². The maximum atomic E-state index is 8.75. The molecule has 0 saturated heterocycles. The summed E-state index contributed by atoms with van der Waals surface area (Å²) in [5.74, 6) is 1.28. The summed E-state index contributed by atoms with van der Waals surface area (Å²) in [6, 6.07) is 8.04. The first-order chi connectivity index (χ1) is 10.2. The lowest BCUT2D eigenvalue weighted by Crippen LogP contribution is -2.19. The Balaban J connectivity index is 1.88. The number of rotatable bonds is 8. The van der Waals surface area contributed by atoms with Gasteiger partial charge in [0.2, 0.25) is 0 Å². The summed E-state index contributed by atoms with van der Waals surface area (Å²) in [5, 5.41) is 12.8. The Morgan fingerprint density at radius 1 is 1.24 bits per heavy atom. The van der Waals surface area contributed by atoms with Crippen LogP contribution in [-0.4, -0.2) is 40.3 Å². The Kier molecular flexibility index (Phi) is 5.90. The highest BCUT2D eigenvalue weighted by Crippen LogP contribution is 2.18. The van der Waals surface area contributed by atoms with Crippen LogP contribution in [0.5, 0.6) is 0 Å². The highest BCUT2D eigenvalue weighted by Gasteiger charge is 2.10. The third kappa shape index (κ3) is 4.95. The van der Waals surface area contributed by atoms with Gasteiger partial charge < -0.3 is 9.63 Å². The van der Waals surface area contributed by atoms with Crippen LogP contribution < -0.4 is 0 Å². The fraction of sp³-hybridized carbons (Fsp3) is 0.500. The van der Waals surface area contributed by atoms with Crippen molar-refractivity contribution in [3.05, 3.63) is 35.7 Å². The van der Waals surface area contributed by atoms with E-state index in [1.807, 2.05) is 38.2 Å². The molecule has 0 radical (unpaired) electrons. The molecule has 1 heterocycles. The van der Waals surface area contributed by atoms with E-state index in [0.29, 0.717) is 18.3 Å². The molecule has 0 amide bonds. The van der Waals surface area contributed by atoms with Crippen LogP contribution in [0.1, 0.15) is 30.7 Å². The molecule has 0 unspecified atom stereocenters. The number of hydrogen-bond acceptors (Lipinski definition) is 5. The van der Waals surface area contributed by atoms with E-state index in [2.05, 4.69) is 15.0 Å². The number of aliphatic hydroxyl groups excluding tert-OH is 1. The fourth-order valence-corrected chi connectivity index (χ4v) is 2.20. The van der Waals surface area contributed by atoms with E-state index in [-0.39, 0.29) is 6.61 Å². The fourth-order valence-electron chi connectivity index (χ4n) is 2.20. The van der Waals surface area contributed by atoms with E-state index in [9.17, 15) is 0 Å². The first-order valence-corrected chi connectivity index (χ1v) is 7.38. The summed E-state index contributed by atoms with van der Waals surface area (Å²) in [6.45, 7) is 3.96. The Morgan fingerprint density at radius 2 is 2.10 bits per heavy atom. The van der Waals surface area contributed by atoms with Crippen LogP contribution in [0.25, 0.3) is 11.5 Å². The molecule has 0 atom stereocenters. The van der Waals surface area contributed by atoms with Crippen LogP contribution in [-0.2, 0) is 6.54 Å². The van der Waals surface area contributed by atoms with Gasteiger partial charge in [-0.3, -0.25) is 4.90 Å². The standard InChI is InChI=1S/C16H23N3O2/c1-13-7-6-8-14(11-13)16-17-15(18-21-16)12-19(2)9-4-3-5-10-20/h6-8,11,20H,3-5,9-10,12H2,1-2H3. The average Bonchev–Trinajstić information content (AvgIpc) is 2.92. The zero-order valence-corrected chi connectivity index (χ0v) is 12.7. The van der Waals surface area contributed by atoms with Crippen molar-refractivity contribution in [1.29, 1.82) is 0 Å². The molecular formula is C16H23N3O2. The average molecular weight is 289 g/mol. The minimum atomic E-state index is 0.272. The lowest BCUT2D eigenvalue weighted by molar-refractivity contribution is 0.268. The van der Waals surface area contributed by atoms with Crippen LogP contribution in [0.15, 0.2) is 28.8 Å². The van der Waals surface area contributed by atoms with Gasteiger partial charge in [0.25, 0.3) is 5.89 Å². The van der Waals surface area contributed by atoms with Gasteiger partial charge in [-0.25, -0.2) is 0 Å². The van der Waals surface area contributed by atoms with Crippen molar-refractivity contribution in [2.75, 3.05) is 20.2 Å². The number of hydrogen-bond donors (Lipinski definition) is 1. The third-order valence-electron chi connectivity index (χ3n) is 3.34. The molecular weight excluding hydrogens is 266 g/mol. The van der Waals surface area contributed by atoms with Gasteiger partial charge in [-0.05, 0) is 51.9 Å². The van der Waals surface area contributed by atoms with E-state index in [0.717, 1.165) is 31.4 Å². The molecule has 1 aromatic heterocycles. The normalized spacial score (nSPS) is 11.2. The number of unbranched alkanes of at least 4 members (excludes halogenated alkanes) is 2. The summed E-state index contributed by atoms with van der Waals surface area (Å²) in [6.07, 6.45) is 2.98. The minimum absolute atomic E-state index is 0.272. The zero-order valence-electron chi connectivity index (χ0n) is 12.7. The highest BCUT2D eigenvalue weighted by atomic mass is 16.5.